The van der Waals surface area contributed by atoms with Crippen molar-refractivity contribution in [2.75, 3.05) is 12.4 Å². The van der Waals surface area contributed by atoms with Crippen molar-refractivity contribution >= 4 is 5.69 Å². The second-order valence-electron chi connectivity index (χ2n) is 5.04. The van der Waals surface area contributed by atoms with E-state index in [1.165, 1.54) is 44.1 Å². The van der Waals surface area contributed by atoms with Crippen LogP contribution >= 0.6 is 0 Å². The maximum absolute atomic E-state index is 5.44. The highest BCUT2D eigenvalue weighted by Crippen LogP contribution is 2.28. The van der Waals surface area contributed by atoms with Gasteiger partial charge in [-0.25, -0.2) is 0 Å². The summed E-state index contributed by atoms with van der Waals surface area (Å²) in [5, 5.41) is 3.64. The molecule has 1 aliphatic carbocycles. The molecular weight excluding hydrogens is 210 g/mol. The van der Waals surface area contributed by atoms with E-state index in [1.807, 2.05) is 0 Å². The predicted molar refractivity (Wildman–Crippen MR) is 72.8 cm³/mol. The lowest BCUT2D eigenvalue weighted by molar-refractivity contribution is 0.415. The lowest BCUT2D eigenvalue weighted by atomic mass is 10.1. The van der Waals surface area contributed by atoms with Crippen LogP contribution in [-0.4, -0.2) is 13.2 Å². The van der Waals surface area contributed by atoms with Crippen LogP contribution in [0.5, 0.6) is 5.75 Å². The molecule has 0 aliphatic heterocycles. The van der Waals surface area contributed by atoms with Crippen molar-refractivity contribution in [2.24, 2.45) is 0 Å². The average Bonchev–Trinajstić information content (AvgIpc) is 2.60. The van der Waals surface area contributed by atoms with Crippen LogP contribution in [0.1, 0.15) is 44.1 Å². The Kier molecular flexibility index (Phi) is 4.29. The molecule has 0 radical (unpaired) electrons. The molecule has 94 valence electrons. The first-order valence-electron chi connectivity index (χ1n) is 6.71. The molecule has 17 heavy (non-hydrogen) atoms. The van der Waals surface area contributed by atoms with Gasteiger partial charge >= 0.3 is 0 Å². The van der Waals surface area contributed by atoms with Gasteiger partial charge in [0.05, 0.1) is 12.8 Å². The highest BCUT2D eigenvalue weighted by atomic mass is 16.5. The van der Waals surface area contributed by atoms with Crippen LogP contribution in [0.3, 0.4) is 0 Å². The van der Waals surface area contributed by atoms with E-state index in [1.54, 1.807) is 7.11 Å². The normalized spacial score (nSPS) is 17.5. The van der Waals surface area contributed by atoms with Gasteiger partial charge < -0.3 is 10.1 Å². The molecule has 2 rings (SSSR count). The number of aryl methyl sites for hydroxylation is 1. The number of anilines is 1. The first kappa shape index (κ1) is 12.3. The van der Waals surface area contributed by atoms with Crippen LogP contribution in [0.4, 0.5) is 5.69 Å². The Morgan fingerprint density at radius 2 is 1.82 bits per heavy atom. The maximum atomic E-state index is 5.44. The van der Waals surface area contributed by atoms with Gasteiger partial charge in [0.15, 0.2) is 0 Å². The molecule has 0 unspecified atom stereocenters. The molecule has 1 aliphatic rings. The summed E-state index contributed by atoms with van der Waals surface area (Å²) < 4.78 is 5.44. The number of hydrogen-bond acceptors (Lipinski definition) is 2. The van der Waals surface area contributed by atoms with Crippen molar-refractivity contribution < 1.29 is 4.74 Å². The smallest absolute Gasteiger partial charge is 0.142 e. The Morgan fingerprint density at radius 3 is 2.47 bits per heavy atom. The quantitative estimate of drug-likeness (QED) is 0.792. The van der Waals surface area contributed by atoms with Crippen LogP contribution in [-0.2, 0) is 0 Å². The predicted octanol–water partition coefficient (Wildman–Crippen LogP) is 4.14. The van der Waals surface area contributed by atoms with Gasteiger partial charge in [0.25, 0.3) is 0 Å². The van der Waals surface area contributed by atoms with Crippen molar-refractivity contribution in [1.82, 2.24) is 0 Å². The Hall–Kier alpha value is -1.18. The zero-order valence-corrected chi connectivity index (χ0v) is 11.0. The monoisotopic (exact) mass is 233 g/mol. The molecule has 0 bridgehead atoms. The van der Waals surface area contributed by atoms with Crippen LogP contribution in [0.25, 0.3) is 0 Å². The summed E-state index contributed by atoms with van der Waals surface area (Å²) in [4.78, 5) is 0. The third kappa shape index (κ3) is 3.39. The summed E-state index contributed by atoms with van der Waals surface area (Å²) in [6, 6.07) is 6.99. The molecule has 0 aromatic heterocycles. The zero-order chi connectivity index (χ0) is 12.1. The SMILES string of the molecule is COc1cc(C)ccc1NC1CCCCCC1. The van der Waals surface area contributed by atoms with E-state index in [9.17, 15) is 0 Å². The van der Waals surface area contributed by atoms with E-state index in [2.05, 4.69) is 30.4 Å². The second kappa shape index (κ2) is 5.95. The van der Waals surface area contributed by atoms with Gasteiger partial charge in [0.1, 0.15) is 5.75 Å². The highest BCUT2D eigenvalue weighted by Gasteiger charge is 2.13. The summed E-state index contributed by atoms with van der Waals surface area (Å²) in [5.41, 5.74) is 2.39. The average molecular weight is 233 g/mol. The molecular formula is C15H23NO. The van der Waals surface area contributed by atoms with Crippen molar-refractivity contribution in [3.05, 3.63) is 23.8 Å². The van der Waals surface area contributed by atoms with Crippen LogP contribution in [0.15, 0.2) is 18.2 Å². The largest absolute Gasteiger partial charge is 0.495 e. The van der Waals surface area contributed by atoms with E-state index < -0.39 is 0 Å². The fourth-order valence-corrected chi connectivity index (χ4v) is 2.56. The van der Waals surface area contributed by atoms with E-state index in [-0.39, 0.29) is 0 Å². The fraction of sp³-hybridized carbons (Fsp3) is 0.600. The zero-order valence-electron chi connectivity index (χ0n) is 11.0. The van der Waals surface area contributed by atoms with Crippen molar-refractivity contribution in [1.29, 1.82) is 0 Å². The Morgan fingerprint density at radius 1 is 1.12 bits per heavy atom. The molecule has 0 amide bonds. The maximum Gasteiger partial charge on any atom is 0.142 e. The van der Waals surface area contributed by atoms with Gasteiger partial charge in [-0.2, -0.15) is 0 Å². The Labute approximate surface area is 104 Å². The summed E-state index contributed by atoms with van der Waals surface area (Å²) >= 11 is 0. The summed E-state index contributed by atoms with van der Waals surface area (Å²) in [5.74, 6) is 0.967. The van der Waals surface area contributed by atoms with Crippen LogP contribution in [0.2, 0.25) is 0 Å². The van der Waals surface area contributed by atoms with E-state index in [4.69, 9.17) is 4.74 Å². The number of rotatable bonds is 3. The first-order chi connectivity index (χ1) is 8.29. The lowest BCUT2D eigenvalue weighted by Crippen LogP contribution is -2.18. The molecule has 1 aromatic carbocycles. The van der Waals surface area contributed by atoms with Crippen LogP contribution in [0, 0.1) is 6.92 Å². The molecule has 0 atom stereocenters. The van der Waals surface area contributed by atoms with Gasteiger partial charge in [-0.05, 0) is 37.5 Å². The third-order valence-electron chi connectivity index (χ3n) is 3.57. The molecule has 1 saturated carbocycles. The molecule has 1 aromatic rings. The standard InChI is InChI=1S/C15H23NO/c1-12-9-10-14(15(11-12)17-2)16-13-7-5-3-4-6-8-13/h9-11,13,16H,3-8H2,1-2H3. The minimum absolute atomic E-state index is 0.620. The topological polar surface area (TPSA) is 21.3 Å². The highest BCUT2D eigenvalue weighted by molar-refractivity contribution is 5.58. The van der Waals surface area contributed by atoms with Crippen molar-refractivity contribution in [3.8, 4) is 5.75 Å². The Balaban J connectivity index is 2.06. The number of benzene rings is 1. The molecule has 2 heteroatoms. The number of nitrogens with one attached hydrogen (secondary N) is 1. The fourth-order valence-electron chi connectivity index (χ4n) is 2.56. The molecule has 0 heterocycles. The van der Waals surface area contributed by atoms with Crippen molar-refractivity contribution in [3.63, 3.8) is 0 Å². The third-order valence-corrected chi connectivity index (χ3v) is 3.57. The Bertz CT molecular complexity index is 354. The summed E-state index contributed by atoms with van der Waals surface area (Å²) in [7, 11) is 1.74. The van der Waals surface area contributed by atoms with Gasteiger partial charge in [-0.3, -0.25) is 0 Å². The van der Waals surface area contributed by atoms with E-state index >= 15 is 0 Å². The molecule has 0 spiro atoms. The second-order valence-corrected chi connectivity index (χ2v) is 5.04. The van der Waals surface area contributed by atoms with Crippen molar-refractivity contribution in [2.45, 2.75) is 51.5 Å². The minimum Gasteiger partial charge on any atom is -0.495 e. The minimum atomic E-state index is 0.620. The summed E-state index contributed by atoms with van der Waals surface area (Å²) in [6.07, 6.45) is 8.07. The van der Waals surface area contributed by atoms with Gasteiger partial charge in [-0.1, -0.05) is 31.7 Å². The first-order valence-corrected chi connectivity index (χ1v) is 6.71. The molecule has 2 nitrogen and oxygen atoms in total. The summed E-state index contributed by atoms with van der Waals surface area (Å²) in [6.45, 7) is 2.10. The number of ether oxygens (including phenoxy) is 1. The van der Waals surface area contributed by atoms with Gasteiger partial charge in [-0.15, -0.1) is 0 Å². The molecule has 1 N–H and O–H groups in total. The van der Waals surface area contributed by atoms with E-state index in [0.29, 0.717) is 6.04 Å². The number of hydrogen-bond donors (Lipinski definition) is 1. The molecule has 1 fully saturated rings. The van der Waals surface area contributed by atoms with Gasteiger partial charge in [0, 0.05) is 6.04 Å². The number of methoxy groups -OCH3 is 1. The van der Waals surface area contributed by atoms with Crippen LogP contribution < -0.4 is 10.1 Å². The lowest BCUT2D eigenvalue weighted by Gasteiger charge is -2.19. The van der Waals surface area contributed by atoms with E-state index in [0.717, 1.165) is 11.4 Å². The molecule has 0 saturated heterocycles. The van der Waals surface area contributed by atoms with Gasteiger partial charge in [0.2, 0.25) is 0 Å².